The standard InChI is InChI=1S/C22H20F4N4O/c1-3-14(4-2)11-27-18(10-23)13-30-19-9-16(12-28-20(19)29-21(30)31)15-6-5-7-17(8-15)22(24,25)26/h3,5-12H,4,13H2,1-2H3,(H,28,29,31)/b14-3-,18-10+,27-11-. The summed E-state index contributed by atoms with van der Waals surface area (Å²) in [5.74, 6) is 0. The molecule has 0 saturated heterocycles. The van der Waals surface area contributed by atoms with E-state index in [0.29, 0.717) is 23.0 Å². The van der Waals surface area contributed by atoms with Gasteiger partial charge in [0.2, 0.25) is 0 Å². The molecule has 0 aliphatic rings. The van der Waals surface area contributed by atoms with E-state index in [-0.39, 0.29) is 17.9 Å². The van der Waals surface area contributed by atoms with E-state index < -0.39 is 17.4 Å². The highest BCUT2D eigenvalue weighted by atomic mass is 19.4. The number of H-pyrrole nitrogens is 1. The smallest absolute Gasteiger partial charge is 0.290 e. The lowest BCUT2D eigenvalue weighted by Crippen LogP contribution is -2.17. The van der Waals surface area contributed by atoms with Crippen molar-refractivity contribution in [2.45, 2.75) is 33.0 Å². The Labute approximate surface area is 175 Å². The zero-order chi connectivity index (χ0) is 22.6. The minimum absolute atomic E-state index is 0.0141. The molecular formula is C22H20F4N4O. The second-order valence-electron chi connectivity index (χ2n) is 6.76. The molecule has 3 rings (SSSR count). The summed E-state index contributed by atoms with van der Waals surface area (Å²) >= 11 is 0. The molecule has 9 heteroatoms. The number of aliphatic imine (C=N–C) groups is 1. The molecule has 31 heavy (non-hydrogen) atoms. The van der Waals surface area contributed by atoms with Gasteiger partial charge in [0.05, 0.1) is 23.3 Å². The van der Waals surface area contributed by atoms with Gasteiger partial charge in [0.1, 0.15) is 6.33 Å². The van der Waals surface area contributed by atoms with Crippen molar-refractivity contribution in [3.8, 4) is 11.1 Å². The summed E-state index contributed by atoms with van der Waals surface area (Å²) in [6, 6.07) is 6.36. The summed E-state index contributed by atoms with van der Waals surface area (Å²) in [4.78, 5) is 23.2. The average molecular weight is 432 g/mol. The molecule has 0 spiro atoms. The molecular weight excluding hydrogens is 412 g/mol. The van der Waals surface area contributed by atoms with Gasteiger partial charge in [0.15, 0.2) is 5.65 Å². The molecule has 2 aromatic heterocycles. The van der Waals surface area contributed by atoms with Crippen molar-refractivity contribution in [1.82, 2.24) is 14.5 Å². The van der Waals surface area contributed by atoms with Crippen LogP contribution in [0.2, 0.25) is 0 Å². The number of imidazole rings is 1. The SMILES string of the molecule is C\C=C(/C=N\C(=C\F)Cn1c(=O)[nH]c2ncc(-c3cccc(C(F)(F)F)c3)cc21)CC. The fraction of sp³-hybridized carbons (Fsp3) is 0.227. The Morgan fingerprint density at radius 3 is 2.68 bits per heavy atom. The average Bonchev–Trinajstić information content (AvgIpc) is 3.07. The topological polar surface area (TPSA) is 63.0 Å². The first-order valence-electron chi connectivity index (χ1n) is 9.51. The van der Waals surface area contributed by atoms with Crippen molar-refractivity contribution in [3.63, 3.8) is 0 Å². The van der Waals surface area contributed by atoms with Crippen molar-refractivity contribution in [1.29, 1.82) is 0 Å². The van der Waals surface area contributed by atoms with Crippen LogP contribution in [0.15, 0.2) is 70.0 Å². The normalized spacial score (nSPS) is 13.5. The number of allylic oxidation sites excluding steroid dienone is 3. The second kappa shape index (κ2) is 9.11. The Bertz CT molecular complexity index is 1230. The van der Waals surface area contributed by atoms with E-state index in [1.54, 1.807) is 6.07 Å². The summed E-state index contributed by atoms with van der Waals surface area (Å²) in [5.41, 5.74) is 0.859. The lowest BCUT2D eigenvalue weighted by atomic mass is 10.0. The van der Waals surface area contributed by atoms with Gasteiger partial charge in [-0.25, -0.2) is 14.2 Å². The summed E-state index contributed by atoms with van der Waals surface area (Å²) in [6.45, 7) is 3.61. The summed E-state index contributed by atoms with van der Waals surface area (Å²) in [5, 5.41) is 0. The zero-order valence-electron chi connectivity index (χ0n) is 16.9. The summed E-state index contributed by atoms with van der Waals surface area (Å²) in [7, 11) is 0. The fourth-order valence-electron chi connectivity index (χ4n) is 3.02. The third-order valence-corrected chi connectivity index (χ3v) is 4.77. The Kier molecular flexibility index (Phi) is 6.53. The van der Waals surface area contributed by atoms with Crippen molar-refractivity contribution in [2.24, 2.45) is 4.99 Å². The molecule has 0 unspecified atom stereocenters. The lowest BCUT2D eigenvalue weighted by molar-refractivity contribution is -0.137. The van der Waals surface area contributed by atoms with E-state index in [2.05, 4.69) is 15.0 Å². The van der Waals surface area contributed by atoms with Crippen LogP contribution in [0.25, 0.3) is 22.3 Å². The third-order valence-electron chi connectivity index (χ3n) is 4.77. The maximum absolute atomic E-state index is 13.4. The Hall–Kier alpha value is -3.49. The van der Waals surface area contributed by atoms with Crippen LogP contribution in [0.4, 0.5) is 17.6 Å². The monoisotopic (exact) mass is 432 g/mol. The van der Waals surface area contributed by atoms with E-state index in [9.17, 15) is 22.4 Å². The van der Waals surface area contributed by atoms with E-state index in [1.807, 2.05) is 19.9 Å². The Balaban J connectivity index is 2.01. The first-order valence-corrected chi connectivity index (χ1v) is 9.51. The molecule has 0 fully saturated rings. The van der Waals surface area contributed by atoms with Crippen LogP contribution in [0.3, 0.4) is 0 Å². The number of hydrogen-bond acceptors (Lipinski definition) is 3. The molecule has 2 heterocycles. The quantitative estimate of drug-likeness (QED) is 0.404. The third kappa shape index (κ3) is 4.99. The molecule has 0 saturated carbocycles. The first-order chi connectivity index (χ1) is 14.8. The number of benzene rings is 1. The highest BCUT2D eigenvalue weighted by Crippen LogP contribution is 2.32. The molecule has 162 valence electrons. The predicted octanol–water partition coefficient (Wildman–Crippen LogP) is 5.65. The largest absolute Gasteiger partial charge is 0.416 e. The van der Waals surface area contributed by atoms with Crippen molar-refractivity contribution in [3.05, 3.63) is 76.3 Å². The number of nitrogens with zero attached hydrogens (tertiary/aromatic N) is 3. The Morgan fingerprint density at radius 2 is 2.03 bits per heavy atom. The van der Waals surface area contributed by atoms with Crippen molar-refractivity contribution >= 4 is 17.4 Å². The molecule has 0 aliphatic carbocycles. The number of fused-ring (bicyclic) bond motifs is 1. The molecule has 1 N–H and O–H groups in total. The number of pyridine rings is 1. The van der Waals surface area contributed by atoms with Crippen LogP contribution in [0.1, 0.15) is 25.8 Å². The van der Waals surface area contributed by atoms with Crippen LogP contribution < -0.4 is 5.69 Å². The number of aromatic amines is 1. The minimum Gasteiger partial charge on any atom is -0.290 e. The molecule has 3 aromatic rings. The minimum atomic E-state index is -4.48. The van der Waals surface area contributed by atoms with Crippen LogP contribution in [0.5, 0.6) is 0 Å². The van der Waals surface area contributed by atoms with Crippen molar-refractivity contribution in [2.75, 3.05) is 0 Å². The van der Waals surface area contributed by atoms with Gasteiger partial charge in [-0.1, -0.05) is 25.1 Å². The van der Waals surface area contributed by atoms with Crippen LogP contribution in [-0.4, -0.2) is 20.7 Å². The van der Waals surface area contributed by atoms with Gasteiger partial charge in [-0.05, 0) is 42.7 Å². The second-order valence-corrected chi connectivity index (χ2v) is 6.76. The van der Waals surface area contributed by atoms with Gasteiger partial charge < -0.3 is 0 Å². The Morgan fingerprint density at radius 1 is 1.26 bits per heavy atom. The number of alkyl halides is 3. The predicted molar refractivity (Wildman–Crippen MR) is 113 cm³/mol. The maximum Gasteiger partial charge on any atom is 0.416 e. The van der Waals surface area contributed by atoms with Gasteiger partial charge in [0.25, 0.3) is 0 Å². The van der Waals surface area contributed by atoms with Crippen LogP contribution in [0, 0.1) is 0 Å². The van der Waals surface area contributed by atoms with Crippen molar-refractivity contribution < 1.29 is 17.6 Å². The first kappa shape index (κ1) is 22.2. The molecule has 0 amide bonds. The maximum atomic E-state index is 13.4. The number of aromatic nitrogens is 3. The fourth-order valence-corrected chi connectivity index (χ4v) is 3.02. The number of hydrogen-bond donors (Lipinski definition) is 1. The van der Waals surface area contributed by atoms with E-state index in [4.69, 9.17) is 0 Å². The highest BCUT2D eigenvalue weighted by Gasteiger charge is 2.30. The van der Waals surface area contributed by atoms with E-state index in [1.165, 1.54) is 29.1 Å². The highest BCUT2D eigenvalue weighted by molar-refractivity contribution is 5.80. The van der Waals surface area contributed by atoms with Gasteiger partial charge in [-0.15, -0.1) is 0 Å². The molecule has 0 atom stereocenters. The number of halogens is 4. The number of nitrogens with one attached hydrogen (secondary N) is 1. The summed E-state index contributed by atoms with van der Waals surface area (Å²) in [6.07, 6.45) is 1.31. The van der Waals surface area contributed by atoms with Gasteiger partial charge in [0, 0.05) is 18.0 Å². The van der Waals surface area contributed by atoms with Gasteiger partial charge >= 0.3 is 11.9 Å². The van der Waals surface area contributed by atoms with E-state index >= 15 is 0 Å². The molecule has 0 bridgehead atoms. The molecule has 0 aliphatic heterocycles. The molecule has 0 radical (unpaired) electrons. The zero-order valence-corrected chi connectivity index (χ0v) is 16.9. The number of rotatable bonds is 6. The van der Waals surface area contributed by atoms with Crippen LogP contribution >= 0.6 is 0 Å². The summed E-state index contributed by atoms with van der Waals surface area (Å²) < 4.78 is 53.8. The lowest BCUT2D eigenvalue weighted by Gasteiger charge is -2.09. The van der Waals surface area contributed by atoms with E-state index in [0.717, 1.165) is 24.1 Å². The van der Waals surface area contributed by atoms with Gasteiger partial charge in [-0.3, -0.25) is 14.5 Å². The van der Waals surface area contributed by atoms with Crippen LogP contribution in [-0.2, 0) is 12.7 Å². The van der Waals surface area contributed by atoms with Gasteiger partial charge in [-0.2, -0.15) is 13.2 Å². The molecule has 5 nitrogen and oxygen atoms in total. The molecule has 1 aromatic carbocycles.